The summed E-state index contributed by atoms with van der Waals surface area (Å²) in [6.45, 7) is 5.78. The highest BCUT2D eigenvalue weighted by Crippen LogP contribution is 2.31. The van der Waals surface area contributed by atoms with Gasteiger partial charge in [-0.1, -0.05) is 25.7 Å². The maximum absolute atomic E-state index is 15.4. The Morgan fingerprint density at radius 2 is 1.97 bits per heavy atom. The van der Waals surface area contributed by atoms with Gasteiger partial charge in [0.2, 0.25) is 18.1 Å². The SMILES string of the molecule is CS(=O)(=O)O.Cc1nc(NNC(=O)[C@H](CC2CCCC2)CN(O)C=O)c(F)c(N2CCN3CCOC[C@@H]3C2)n1. The fraction of sp³-hybridized carbons (Fsp3) is 0.739. The number of anilines is 2. The first-order valence-corrected chi connectivity index (χ1v) is 14.8. The number of fused-ring (bicyclic) bond motifs is 1. The molecule has 0 radical (unpaired) electrons. The number of aromatic nitrogens is 2. The molecule has 2 aliphatic heterocycles. The van der Waals surface area contributed by atoms with Crippen LogP contribution in [0, 0.1) is 24.6 Å². The normalized spacial score (nSPS) is 20.8. The Kier molecular flexibility index (Phi) is 11.2. The van der Waals surface area contributed by atoms with Gasteiger partial charge in [0.1, 0.15) is 5.82 Å². The number of hydrogen-bond acceptors (Lipinski definition) is 11. The van der Waals surface area contributed by atoms with E-state index in [0.29, 0.717) is 55.8 Å². The maximum Gasteiger partial charge on any atom is 0.261 e. The Labute approximate surface area is 227 Å². The number of hydroxylamine groups is 2. The van der Waals surface area contributed by atoms with Crippen LogP contribution in [-0.4, -0.2) is 109 Å². The van der Waals surface area contributed by atoms with Crippen LogP contribution in [0.4, 0.5) is 16.0 Å². The lowest BCUT2D eigenvalue weighted by Crippen LogP contribution is -2.58. The van der Waals surface area contributed by atoms with Gasteiger partial charge in [0.25, 0.3) is 10.1 Å². The summed E-state index contributed by atoms with van der Waals surface area (Å²) in [5, 5.41) is 10.1. The fourth-order valence-electron chi connectivity index (χ4n) is 5.18. The molecule has 2 atom stereocenters. The molecule has 4 rings (SSSR count). The predicted octanol–water partition coefficient (Wildman–Crippen LogP) is 0.436. The number of piperazine rings is 1. The third kappa shape index (κ3) is 9.79. The molecule has 220 valence electrons. The number of aryl methyl sites for hydroxylation is 1. The van der Waals surface area contributed by atoms with Crippen LogP contribution in [-0.2, 0) is 24.4 Å². The van der Waals surface area contributed by atoms with Crippen molar-refractivity contribution in [3.05, 3.63) is 11.6 Å². The Balaban J connectivity index is 0.000000771. The first kappa shape index (κ1) is 30.9. The van der Waals surface area contributed by atoms with Gasteiger partial charge in [0.05, 0.1) is 38.0 Å². The zero-order valence-corrected chi connectivity index (χ0v) is 23.1. The van der Waals surface area contributed by atoms with Crippen LogP contribution in [0.25, 0.3) is 0 Å². The zero-order chi connectivity index (χ0) is 28.6. The van der Waals surface area contributed by atoms with Crippen molar-refractivity contribution in [1.82, 2.24) is 25.4 Å². The van der Waals surface area contributed by atoms with Gasteiger partial charge < -0.3 is 9.64 Å². The molecule has 0 aromatic carbocycles. The van der Waals surface area contributed by atoms with E-state index in [4.69, 9.17) is 9.29 Å². The van der Waals surface area contributed by atoms with Gasteiger partial charge in [-0.2, -0.15) is 12.8 Å². The third-order valence-electron chi connectivity index (χ3n) is 6.98. The molecule has 3 fully saturated rings. The number of halogens is 1. The van der Waals surface area contributed by atoms with Crippen LogP contribution in [0.15, 0.2) is 0 Å². The Morgan fingerprint density at radius 3 is 2.64 bits per heavy atom. The second-order valence-corrected chi connectivity index (χ2v) is 11.6. The lowest BCUT2D eigenvalue weighted by molar-refractivity contribution is -0.154. The van der Waals surface area contributed by atoms with Gasteiger partial charge in [-0.25, -0.2) is 15.0 Å². The van der Waals surface area contributed by atoms with Gasteiger partial charge in [-0.15, -0.1) is 0 Å². The molecule has 3 heterocycles. The van der Waals surface area contributed by atoms with E-state index in [-0.39, 0.29) is 30.6 Å². The molecule has 1 aliphatic carbocycles. The van der Waals surface area contributed by atoms with Crippen LogP contribution >= 0.6 is 0 Å². The van der Waals surface area contributed by atoms with Crippen molar-refractivity contribution in [2.24, 2.45) is 11.8 Å². The van der Waals surface area contributed by atoms with Crippen LogP contribution in [0.1, 0.15) is 37.9 Å². The number of hydrazine groups is 1. The molecular formula is C23H38FN7O7S. The molecular weight excluding hydrogens is 537 g/mol. The van der Waals surface area contributed by atoms with E-state index < -0.39 is 27.8 Å². The van der Waals surface area contributed by atoms with Gasteiger partial charge in [0.15, 0.2) is 11.6 Å². The van der Waals surface area contributed by atoms with Gasteiger partial charge in [0, 0.05) is 26.2 Å². The maximum atomic E-state index is 15.4. The lowest BCUT2D eigenvalue weighted by Gasteiger charge is -2.44. The average Bonchev–Trinajstić information content (AvgIpc) is 3.40. The van der Waals surface area contributed by atoms with Gasteiger partial charge >= 0.3 is 0 Å². The second kappa shape index (κ2) is 14.1. The second-order valence-electron chi connectivity index (χ2n) is 10.1. The number of carbonyl (C=O) groups is 2. The van der Waals surface area contributed by atoms with E-state index in [1.807, 2.05) is 4.90 Å². The molecule has 4 N–H and O–H groups in total. The molecule has 2 amide bonds. The number of rotatable bonds is 9. The minimum Gasteiger partial charge on any atom is -0.378 e. The number of ether oxygens (including phenoxy) is 1. The molecule has 16 heteroatoms. The zero-order valence-electron chi connectivity index (χ0n) is 22.3. The molecule has 1 saturated carbocycles. The van der Waals surface area contributed by atoms with Gasteiger partial charge in [-0.05, 0) is 19.3 Å². The number of hydrogen-bond donors (Lipinski definition) is 4. The Bertz CT molecular complexity index is 1080. The molecule has 0 bridgehead atoms. The van der Waals surface area contributed by atoms with Crippen LogP contribution < -0.4 is 15.8 Å². The van der Waals surface area contributed by atoms with Crippen LogP contribution in [0.3, 0.4) is 0 Å². The minimum absolute atomic E-state index is 0.117. The molecule has 3 aliphatic rings. The van der Waals surface area contributed by atoms with Crippen LogP contribution in [0.5, 0.6) is 0 Å². The Hall–Kier alpha value is -2.66. The number of nitrogens with one attached hydrogen (secondary N) is 2. The highest BCUT2D eigenvalue weighted by molar-refractivity contribution is 7.85. The summed E-state index contributed by atoms with van der Waals surface area (Å²) >= 11 is 0. The molecule has 39 heavy (non-hydrogen) atoms. The van der Waals surface area contributed by atoms with Crippen molar-refractivity contribution in [3.63, 3.8) is 0 Å². The monoisotopic (exact) mass is 575 g/mol. The van der Waals surface area contributed by atoms with E-state index in [9.17, 15) is 23.2 Å². The van der Waals surface area contributed by atoms with Crippen molar-refractivity contribution in [1.29, 1.82) is 0 Å². The number of nitrogens with zero attached hydrogens (tertiary/aromatic N) is 5. The summed E-state index contributed by atoms with van der Waals surface area (Å²) in [6.07, 6.45) is 5.81. The molecule has 0 unspecified atom stereocenters. The van der Waals surface area contributed by atoms with Crippen molar-refractivity contribution >= 4 is 34.1 Å². The summed E-state index contributed by atoms with van der Waals surface area (Å²) in [4.78, 5) is 36.5. The predicted molar refractivity (Wildman–Crippen MR) is 139 cm³/mol. The lowest BCUT2D eigenvalue weighted by atomic mass is 9.92. The average molecular weight is 576 g/mol. The Morgan fingerprint density at radius 1 is 1.28 bits per heavy atom. The molecule has 1 aromatic heterocycles. The largest absolute Gasteiger partial charge is 0.378 e. The number of carbonyl (C=O) groups excluding carboxylic acids is 2. The molecule has 1 aromatic rings. The van der Waals surface area contributed by atoms with Crippen LogP contribution in [0.2, 0.25) is 0 Å². The molecule has 2 saturated heterocycles. The molecule has 0 spiro atoms. The molecule has 14 nitrogen and oxygen atoms in total. The smallest absolute Gasteiger partial charge is 0.261 e. The van der Waals surface area contributed by atoms with Crippen molar-refractivity contribution < 1.29 is 36.9 Å². The van der Waals surface area contributed by atoms with Crippen molar-refractivity contribution in [3.8, 4) is 0 Å². The number of morpholine rings is 1. The highest BCUT2D eigenvalue weighted by Gasteiger charge is 2.32. The quantitative estimate of drug-likeness (QED) is 0.138. The first-order valence-electron chi connectivity index (χ1n) is 12.9. The van der Waals surface area contributed by atoms with Crippen molar-refractivity contribution in [2.45, 2.75) is 45.1 Å². The number of amides is 2. The summed E-state index contributed by atoms with van der Waals surface area (Å²) in [7, 11) is -3.67. The third-order valence-corrected chi connectivity index (χ3v) is 6.98. The minimum atomic E-state index is -3.67. The fourth-order valence-corrected chi connectivity index (χ4v) is 5.18. The van der Waals surface area contributed by atoms with E-state index in [2.05, 4.69) is 25.7 Å². The van der Waals surface area contributed by atoms with E-state index >= 15 is 4.39 Å². The first-order chi connectivity index (χ1) is 18.4. The standard InChI is InChI=1S/C22H34FN7O4.CH4O3S/c1-15-24-20(19(23)21(25-15)29-7-6-28-8-9-34-13-18(28)12-29)26-27-22(32)17(11-30(33)14-31)10-16-4-2-3-5-16;1-5(2,3)4/h14,16-18,33H,2-13H2,1H3,(H,27,32)(H,24,25,26);1H3,(H,2,3,4)/t17-,18+;/m1./s1. The summed E-state index contributed by atoms with van der Waals surface area (Å²) in [6, 6.07) is 0.184. The summed E-state index contributed by atoms with van der Waals surface area (Å²) in [5.74, 6) is -0.884. The topological polar surface area (TPSA) is 178 Å². The summed E-state index contributed by atoms with van der Waals surface area (Å²) in [5.41, 5.74) is 5.14. The highest BCUT2D eigenvalue weighted by atomic mass is 32.2. The van der Waals surface area contributed by atoms with Crippen molar-refractivity contribution in [2.75, 3.05) is 62.5 Å². The van der Waals surface area contributed by atoms with Gasteiger partial charge in [-0.3, -0.25) is 35.1 Å². The summed E-state index contributed by atoms with van der Waals surface area (Å²) < 4.78 is 46.8. The van der Waals surface area contributed by atoms with E-state index in [1.54, 1.807) is 6.92 Å². The van der Waals surface area contributed by atoms with E-state index in [0.717, 1.165) is 38.8 Å². The van der Waals surface area contributed by atoms with E-state index in [1.165, 1.54) is 0 Å².